The van der Waals surface area contributed by atoms with Crippen molar-refractivity contribution < 1.29 is 26.5 Å². The highest BCUT2D eigenvalue weighted by Gasteiger charge is 2.31. The maximum atomic E-state index is 13.4. The van der Waals surface area contributed by atoms with Gasteiger partial charge in [-0.2, -0.15) is 18.3 Å². The molecule has 0 bridgehead atoms. The summed E-state index contributed by atoms with van der Waals surface area (Å²) in [5.74, 6) is 3.18. The molecule has 0 radical (unpaired) electrons. The highest BCUT2D eigenvalue weighted by atomic mass is 79.9. The first-order chi connectivity index (χ1) is 21.7. The zero-order chi connectivity index (χ0) is 31.1. The summed E-state index contributed by atoms with van der Waals surface area (Å²) >= 11 is 3.65. The molecule has 1 aliphatic heterocycles. The molecule has 4 heterocycles. The summed E-state index contributed by atoms with van der Waals surface area (Å²) in [5.41, 5.74) is 1.29. The molecule has 1 saturated heterocycles. The topological polar surface area (TPSA) is 85.4 Å². The minimum absolute atomic E-state index is 0.231. The van der Waals surface area contributed by atoms with Crippen molar-refractivity contribution in [3.05, 3.63) is 76.3 Å². The number of hydrogen-bond acceptors (Lipinski definition) is 7. The summed E-state index contributed by atoms with van der Waals surface area (Å²) < 4.78 is 68.0. The second-order valence-corrected chi connectivity index (χ2v) is 14.0. The molecule has 45 heavy (non-hydrogen) atoms. The number of hydrogen-bond donors (Lipinski definition) is 1. The average molecular weight is 703 g/mol. The number of aromatic nitrogens is 3. The molecular weight excluding hydrogens is 671 g/mol. The van der Waals surface area contributed by atoms with Crippen molar-refractivity contribution in [2.75, 3.05) is 30.8 Å². The van der Waals surface area contributed by atoms with Gasteiger partial charge < -0.3 is 19.0 Å². The first kappa shape index (κ1) is 30.2. The maximum absolute atomic E-state index is 13.4. The van der Waals surface area contributed by atoms with E-state index in [0.717, 1.165) is 76.6 Å². The molecule has 2 fully saturated rings. The van der Waals surface area contributed by atoms with Gasteiger partial charge in [-0.1, -0.05) is 6.07 Å². The van der Waals surface area contributed by atoms with E-state index >= 15 is 0 Å². The van der Waals surface area contributed by atoms with Crippen molar-refractivity contribution >= 4 is 60.0 Å². The van der Waals surface area contributed by atoms with Gasteiger partial charge in [0.1, 0.15) is 17.3 Å². The number of halogens is 4. The normalized spacial score (nSPS) is 16.5. The van der Waals surface area contributed by atoms with E-state index in [2.05, 4.69) is 40.9 Å². The van der Waals surface area contributed by atoms with Crippen LogP contribution in [0.3, 0.4) is 0 Å². The Balaban J connectivity index is 1.10. The van der Waals surface area contributed by atoms with Crippen LogP contribution in [-0.2, 0) is 29.3 Å². The van der Waals surface area contributed by atoms with Crippen LogP contribution in [0.1, 0.15) is 48.8 Å². The highest BCUT2D eigenvalue weighted by molar-refractivity contribution is 9.10. The number of ether oxygens (including phenoxy) is 1. The van der Waals surface area contributed by atoms with E-state index in [1.165, 1.54) is 18.9 Å². The number of rotatable bonds is 11. The number of nitrogens with zero attached hydrogens (tertiary/aromatic N) is 4. The van der Waals surface area contributed by atoms with Crippen molar-refractivity contribution in [3.63, 3.8) is 0 Å². The Kier molecular flexibility index (Phi) is 8.34. The second kappa shape index (κ2) is 12.4. The third kappa shape index (κ3) is 6.61. The number of likely N-dealkylation sites (tertiary alicyclic amines) is 1. The first-order valence-corrected chi connectivity index (χ1v) is 17.2. The summed E-state index contributed by atoms with van der Waals surface area (Å²) in [6.45, 7) is 3.19. The minimum atomic E-state index is -4.46. The van der Waals surface area contributed by atoms with Crippen LogP contribution in [0, 0.1) is 0 Å². The fraction of sp³-hybridized carbons (Fsp3) is 0.375. The molecule has 2 aliphatic rings. The Morgan fingerprint density at radius 2 is 1.87 bits per heavy atom. The molecule has 236 valence electrons. The van der Waals surface area contributed by atoms with Crippen LogP contribution < -0.4 is 10.1 Å². The van der Waals surface area contributed by atoms with E-state index in [1.54, 1.807) is 12.3 Å². The molecule has 7 rings (SSSR count). The van der Waals surface area contributed by atoms with Gasteiger partial charge in [-0.25, -0.2) is 0 Å². The van der Waals surface area contributed by atoms with Gasteiger partial charge in [-0.05, 0) is 97.2 Å². The Morgan fingerprint density at radius 1 is 1.07 bits per heavy atom. The third-order valence-electron chi connectivity index (χ3n) is 8.20. The van der Waals surface area contributed by atoms with Crippen molar-refractivity contribution in [2.24, 2.45) is 0 Å². The quantitative estimate of drug-likeness (QED) is 0.150. The predicted molar refractivity (Wildman–Crippen MR) is 171 cm³/mol. The van der Waals surface area contributed by atoms with Crippen LogP contribution in [0.25, 0.3) is 21.8 Å². The zero-order valence-electron chi connectivity index (χ0n) is 24.3. The Morgan fingerprint density at radius 3 is 2.64 bits per heavy atom. The number of furan rings is 1. The number of fused-ring (bicyclic) bond motifs is 3. The molecule has 0 amide bonds. The Hall–Kier alpha value is -3.42. The molecule has 2 aromatic carbocycles. The number of nitrogens with one attached hydrogen (secondary N) is 1. The fourth-order valence-corrected chi connectivity index (χ4v) is 7.28. The minimum Gasteiger partial charge on any atom is -0.491 e. The smallest absolute Gasteiger partial charge is 0.416 e. The largest absolute Gasteiger partial charge is 0.491 e. The van der Waals surface area contributed by atoms with Gasteiger partial charge in [-0.15, -0.1) is 5.10 Å². The lowest BCUT2D eigenvalue weighted by Crippen LogP contribution is -2.17. The monoisotopic (exact) mass is 701 g/mol. The summed E-state index contributed by atoms with van der Waals surface area (Å²) in [6.07, 6.45) is 1.70. The zero-order valence-corrected chi connectivity index (χ0v) is 26.7. The van der Waals surface area contributed by atoms with E-state index in [9.17, 15) is 17.4 Å². The summed E-state index contributed by atoms with van der Waals surface area (Å²) in [7, 11) is -1.18. The lowest BCUT2D eigenvalue weighted by molar-refractivity contribution is -0.137. The summed E-state index contributed by atoms with van der Waals surface area (Å²) in [5, 5.41) is 13.1. The molecule has 5 aromatic rings. The molecule has 3 aromatic heterocycles. The fourth-order valence-electron chi connectivity index (χ4n) is 5.95. The summed E-state index contributed by atoms with van der Waals surface area (Å²) in [4.78, 5) is 2.36. The van der Waals surface area contributed by atoms with Crippen LogP contribution in [0.5, 0.6) is 5.75 Å². The van der Waals surface area contributed by atoms with Crippen LogP contribution in [-0.4, -0.2) is 49.3 Å². The van der Waals surface area contributed by atoms with Crippen LogP contribution in [0.2, 0.25) is 0 Å². The molecule has 1 saturated carbocycles. The van der Waals surface area contributed by atoms with Gasteiger partial charge in [0.2, 0.25) is 0 Å². The SMILES string of the molecule is O=S(CCOc1cc2c3c(Nc4cccc(C(F)(F)F)c4)nncc3n(C3CC3)c2cc1Br)Cc1ccc(CN2CCCC2)o1. The molecule has 0 spiro atoms. The van der Waals surface area contributed by atoms with E-state index in [-0.39, 0.29) is 12.3 Å². The molecule has 1 unspecified atom stereocenters. The van der Waals surface area contributed by atoms with Gasteiger partial charge >= 0.3 is 6.18 Å². The Bertz CT molecular complexity index is 1880. The molecule has 1 atom stereocenters. The van der Waals surface area contributed by atoms with Gasteiger partial charge in [0, 0.05) is 27.9 Å². The summed E-state index contributed by atoms with van der Waals surface area (Å²) in [6, 6.07) is 13.1. The van der Waals surface area contributed by atoms with E-state index in [4.69, 9.17) is 9.15 Å². The standard InChI is InChI=1S/C32H31BrF3N5O3S/c33-26-16-27-25(15-29(26)43-12-13-45(42)19-24-9-8-23(44-24)18-40-10-1-2-11-40)30-28(41(27)22-6-7-22)17-37-39-31(30)38-21-5-3-4-20(14-21)32(34,35)36/h3-5,8-9,14-17,22H,1-2,6-7,10-13,18-19H2,(H,38,39). The predicted octanol–water partition coefficient (Wildman–Crippen LogP) is 7.96. The van der Waals surface area contributed by atoms with Gasteiger partial charge in [-0.3, -0.25) is 9.11 Å². The first-order valence-electron chi connectivity index (χ1n) is 14.9. The van der Waals surface area contributed by atoms with Gasteiger partial charge in [0.25, 0.3) is 0 Å². The van der Waals surface area contributed by atoms with Crippen LogP contribution >= 0.6 is 15.9 Å². The third-order valence-corrected chi connectivity index (χ3v) is 10.0. The maximum Gasteiger partial charge on any atom is 0.416 e. The molecular formula is C32H31BrF3N5O3S. The van der Waals surface area contributed by atoms with Crippen molar-refractivity contribution in [1.82, 2.24) is 19.7 Å². The number of anilines is 2. The van der Waals surface area contributed by atoms with Gasteiger partial charge in [0.15, 0.2) is 5.82 Å². The molecule has 1 aliphatic carbocycles. The van der Waals surface area contributed by atoms with Crippen LogP contribution in [0.15, 0.2) is 63.6 Å². The average Bonchev–Trinajstić information content (AvgIpc) is 3.37. The van der Waals surface area contributed by atoms with E-state index in [1.807, 2.05) is 24.3 Å². The van der Waals surface area contributed by atoms with E-state index < -0.39 is 22.5 Å². The lowest BCUT2D eigenvalue weighted by Gasteiger charge is -2.12. The second-order valence-electron chi connectivity index (χ2n) is 11.5. The van der Waals surface area contributed by atoms with Crippen molar-refractivity contribution in [1.29, 1.82) is 0 Å². The number of alkyl halides is 3. The van der Waals surface area contributed by atoms with Crippen LogP contribution in [0.4, 0.5) is 24.7 Å². The number of benzene rings is 2. The molecule has 1 N–H and O–H groups in total. The molecule has 8 nitrogen and oxygen atoms in total. The lowest BCUT2D eigenvalue weighted by atomic mass is 10.1. The Labute approximate surface area is 268 Å². The van der Waals surface area contributed by atoms with Crippen molar-refractivity contribution in [3.8, 4) is 5.75 Å². The van der Waals surface area contributed by atoms with Crippen molar-refractivity contribution in [2.45, 2.75) is 50.2 Å². The van der Waals surface area contributed by atoms with Gasteiger partial charge in [0.05, 0.1) is 57.3 Å². The molecule has 13 heteroatoms. The highest BCUT2D eigenvalue weighted by Crippen LogP contribution is 2.46. The van der Waals surface area contributed by atoms with E-state index in [0.29, 0.717) is 34.9 Å².